The Morgan fingerprint density at radius 1 is 0.692 bits per heavy atom. The molecule has 0 amide bonds. The van der Waals surface area contributed by atoms with E-state index >= 15 is 0 Å². The molecule has 0 bridgehead atoms. The topological polar surface area (TPSA) is 271 Å². The summed E-state index contributed by atoms with van der Waals surface area (Å²) >= 11 is 0. The maximum Gasteiger partial charge on any atom is 0.300 e. The Hall–Kier alpha value is -1.03. The summed E-state index contributed by atoms with van der Waals surface area (Å²) in [6.07, 6.45) is 1.91. The van der Waals surface area contributed by atoms with E-state index in [0.717, 1.165) is 40.5 Å². The molecule has 0 heterocycles. The zero-order valence-corrected chi connectivity index (χ0v) is 22.3. The fraction of sp³-hybridized carbons (Fsp3) is 0.667. The Balaban J connectivity index is -0.0000000193. The Morgan fingerprint density at radius 2 is 0.808 bits per heavy atom. The first kappa shape index (κ1) is 56.3. The van der Waals surface area contributed by atoms with Crippen LogP contribution in [0.5, 0.6) is 0 Å². The van der Waals surface area contributed by atoms with Crippen molar-refractivity contribution in [2.24, 2.45) is 11.5 Å². The maximum atomic E-state index is 9.00. The Bertz CT molecular complexity index is 245. The van der Waals surface area contributed by atoms with E-state index in [0.29, 0.717) is 0 Å². The van der Waals surface area contributed by atoms with Gasteiger partial charge in [0.2, 0.25) is 0 Å². The SMILES string of the molecule is CC(=O)O.CC(=O)O.CC(=O)O.CC(=O)O.CCCC(N)N.N.N.[Zn].[Zn]. The number of carboxylic acid groups (broad SMARTS) is 4. The smallest absolute Gasteiger partial charge is 0.300 e. The van der Waals surface area contributed by atoms with Crippen LogP contribution in [0, 0.1) is 0 Å². The molecular formula is C12H34N4O8Zn2. The monoisotopic (exact) mass is 490 g/mol. The van der Waals surface area contributed by atoms with Crippen LogP contribution < -0.4 is 23.8 Å². The van der Waals surface area contributed by atoms with Gasteiger partial charge in [-0.25, -0.2) is 0 Å². The summed E-state index contributed by atoms with van der Waals surface area (Å²) in [5.74, 6) is -3.33. The van der Waals surface area contributed by atoms with Gasteiger partial charge in [-0.15, -0.1) is 0 Å². The summed E-state index contributed by atoms with van der Waals surface area (Å²) in [6, 6.07) is 0. The van der Waals surface area contributed by atoms with Crippen LogP contribution in [0.1, 0.15) is 47.5 Å². The molecule has 26 heavy (non-hydrogen) atoms. The molecule has 0 aromatic rings. The van der Waals surface area contributed by atoms with E-state index in [1.165, 1.54) is 0 Å². The van der Waals surface area contributed by atoms with Crippen molar-refractivity contribution in [2.75, 3.05) is 0 Å². The van der Waals surface area contributed by atoms with Crippen molar-refractivity contribution in [3.8, 4) is 0 Å². The van der Waals surface area contributed by atoms with Gasteiger partial charge >= 0.3 is 0 Å². The van der Waals surface area contributed by atoms with E-state index < -0.39 is 23.9 Å². The molecular weight excluding hydrogens is 459 g/mol. The van der Waals surface area contributed by atoms with Gasteiger partial charge in [0.15, 0.2) is 0 Å². The van der Waals surface area contributed by atoms with E-state index in [-0.39, 0.29) is 57.4 Å². The van der Waals surface area contributed by atoms with Gasteiger partial charge in [0, 0.05) is 66.7 Å². The van der Waals surface area contributed by atoms with Crippen molar-refractivity contribution >= 4 is 23.9 Å². The predicted octanol–water partition coefficient (Wildman–Crippen LogP) is 0.713. The van der Waals surface area contributed by atoms with Crippen LogP contribution in [0.4, 0.5) is 0 Å². The second-order valence-corrected chi connectivity index (χ2v) is 3.53. The summed E-state index contributed by atoms with van der Waals surface area (Å²) in [5.41, 5.74) is 10.4. The van der Waals surface area contributed by atoms with E-state index in [1.54, 1.807) is 0 Å². The minimum Gasteiger partial charge on any atom is -0.481 e. The van der Waals surface area contributed by atoms with E-state index in [2.05, 4.69) is 6.92 Å². The second-order valence-electron chi connectivity index (χ2n) is 3.53. The third kappa shape index (κ3) is 2870. The van der Waals surface area contributed by atoms with Crippen LogP contribution in [0.15, 0.2) is 0 Å². The van der Waals surface area contributed by atoms with E-state index in [1.807, 2.05) is 0 Å². The zero-order chi connectivity index (χ0) is 19.3. The molecule has 0 fully saturated rings. The third-order valence-corrected chi connectivity index (χ3v) is 0.622. The Morgan fingerprint density at radius 3 is 0.808 bits per heavy atom. The maximum absolute atomic E-state index is 9.00. The van der Waals surface area contributed by atoms with Crippen molar-refractivity contribution in [3.63, 3.8) is 0 Å². The zero-order valence-electron chi connectivity index (χ0n) is 16.4. The number of hydrogen-bond donors (Lipinski definition) is 8. The van der Waals surface area contributed by atoms with Gasteiger partial charge < -0.3 is 44.2 Å². The molecule has 0 saturated carbocycles. The number of carbonyl (C=O) groups is 4. The minimum atomic E-state index is -0.833. The first-order valence-electron chi connectivity index (χ1n) is 5.99. The van der Waals surface area contributed by atoms with Crippen molar-refractivity contribution in [3.05, 3.63) is 0 Å². The Labute approximate surface area is 179 Å². The molecule has 154 valence electrons. The van der Waals surface area contributed by atoms with Crippen LogP contribution in [0.25, 0.3) is 0 Å². The molecule has 0 aromatic heterocycles. The largest absolute Gasteiger partial charge is 0.481 e. The summed E-state index contributed by atoms with van der Waals surface area (Å²) in [7, 11) is 0. The number of rotatable bonds is 2. The van der Waals surface area contributed by atoms with Crippen LogP contribution in [0.3, 0.4) is 0 Å². The fourth-order valence-electron chi connectivity index (χ4n) is 0.333. The number of hydrogen-bond acceptors (Lipinski definition) is 8. The molecule has 0 saturated heterocycles. The molecule has 12 nitrogen and oxygen atoms in total. The summed E-state index contributed by atoms with van der Waals surface area (Å²) < 4.78 is 0. The van der Waals surface area contributed by atoms with E-state index in [9.17, 15) is 0 Å². The van der Waals surface area contributed by atoms with Crippen molar-refractivity contribution in [1.82, 2.24) is 12.3 Å². The van der Waals surface area contributed by atoms with Crippen LogP contribution >= 0.6 is 0 Å². The molecule has 0 spiro atoms. The molecule has 0 aliphatic rings. The normalized spacial score (nSPS) is 6.15. The van der Waals surface area contributed by atoms with Gasteiger partial charge in [-0.2, -0.15) is 0 Å². The molecule has 0 rings (SSSR count). The van der Waals surface area contributed by atoms with Gasteiger partial charge in [0.1, 0.15) is 0 Å². The molecule has 0 radical (unpaired) electrons. The van der Waals surface area contributed by atoms with Crippen molar-refractivity contribution in [1.29, 1.82) is 0 Å². The van der Waals surface area contributed by atoms with Crippen molar-refractivity contribution < 1.29 is 78.6 Å². The predicted molar refractivity (Wildman–Crippen MR) is 90.4 cm³/mol. The summed E-state index contributed by atoms with van der Waals surface area (Å²) in [6.45, 7) is 6.40. The molecule has 14 heteroatoms. The van der Waals surface area contributed by atoms with Gasteiger partial charge in [-0.1, -0.05) is 13.3 Å². The third-order valence-electron chi connectivity index (χ3n) is 0.622. The van der Waals surface area contributed by atoms with Crippen molar-refractivity contribution in [2.45, 2.75) is 53.6 Å². The quantitative estimate of drug-likeness (QED) is 0.195. The summed E-state index contributed by atoms with van der Waals surface area (Å²) in [5, 5.41) is 29.7. The number of aliphatic carboxylic acids is 4. The first-order chi connectivity index (χ1) is 9.70. The number of nitrogens with two attached hydrogens (primary N) is 2. The van der Waals surface area contributed by atoms with Crippen LogP contribution in [-0.4, -0.2) is 50.5 Å². The molecule has 0 unspecified atom stereocenters. The van der Waals surface area contributed by atoms with Crippen LogP contribution in [0.2, 0.25) is 0 Å². The number of carboxylic acids is 4. The average molecular weight is 493 g/mol. The van der Waals surface area contributed by atoms with Gasteiger partial charge in [-0.3, -0.25) is 19.2 Å². The first-order valence-corrected chi connectivity index (χ1v) is 5.99. The molecule has 0 atom stereocenters. The standard InChI is InChI=1S/C4H12N2.4C2H4O2.2H3N.2Zn/c1-2-3-4(5)6;4*1-2(3)4;;;;/h4H,2-3,5-6H2,1H3;4*1H3,(H,3,4);2*1H3;;. The van der Waals surface area contributed by atoms with Gasteiger partial charge in [0.05, 0.1) is 6.17 Å². The second kappa shape index (κ2) is 49.6. The van der Waals surface area contributed by atoms with Gasteiger partial charge in [-0.05, 0) is 6.42 Å². The minimum absolute atomic E-state index is 0. The molecule has 0 aliphatic carbocycles. The summed E-state index contributed by atoms with van der Waals surface area (Å²) in [4.78, 5) is 36.0. The fourth-order valence-corrected chi connectivity index (χ4v) is 0.333. The van der Waals surface area contributed by atoms with Gasteiger partial charge in [0.25, 0.3) is 23.9 Å². The van der Waals surface area contributed by atoms with Crippen LogP contribution in [-0.2, 0) is 58.1 Å². The average Bonchev–Trinajstić information content (AvgIpc) is 2.12. The van der Waals surface area contributed by atoms with E-state index in [4.69, 9.17) is 51.1 Å². The molecule has 14 N–H and O–H groups in total. The molecule has 0 aromatic carbocycles. The Kier molecular flexibility index (Phi) is 107. The molecule has 0 aliphatic heterocycles.